The van der Waals surface area contributed by atoms with Crippen molar-refractivity contribution in [3.8, 4) is 0 Å². The van der Waals surface area contributed by atoms with Crippen LogP contribution < -0.4 is 5.56 Å². The van der Waals surface area contributed by atoms with Crippen molar-refractivity contribution in [2.45, 2.75) is 26.9 Å². The van der Waals surface area contributed by atoms with E-state index >= 15 is 0 Å². The molecule has 3 aromatic carbocycles. The van der Waals surface area contributed by atoms with Crippen molar-refractivity contribution < 1.29 is 0 Å². The number of hydrogen-bond donors (Lipinski definition) is 0. The van der Waals surface area contributed by atoms with E-state index in [-0.39, 0.29) is 5.56 Å². The predicted molar refractivity (Wildman–Crippen MR) is 122 cm³/mol. The van der Waals surface area contributed by atoms with Crippen LogP contribution in [0.15, 0.2) is 83.9 Å². The third-order valence-corrected chi connectivity index (χ3v) is 5.64. The van der Waals surface area contributed by atoms with Gasteiger partial charge in [0.25, 0.3) is 5.56 Å². The van der Waals surface area contributed by atoms with Crippen LogP contribution in [0.2, 0.25) is 0 Å². The van der Waals surface area contributed by atoms with E-state index in [4.69, 9.17) is 4.98 Å². The molecule has 0 bridgehead atoms. The summed E-state index contributed by atoms with van der Waals surface area (Å²) < 4.78 is 3.82. The minimum absolute atomic E-state index is 0.00943. The molecule has 0 N–H and O–H groups in total. The molecule has 2 aromatic heterocycles. The van der Waals surface area contributed by atoms with E-state index in [1.165, 1.54) is 5.56 Å². The zero-order valence-electron chi connectivity index (χ0n) is 17.2. The summed E-state index contributed by atoms with van der Waals surface area (Å²) in [4.78, 5) is 18.3. The highest BCUT2D eigenvalue weighted by atomic mass is 16.1. The van der Waals surface area contributed by atoms with Crippen LogP contribution in [0.5, 0.6) is 0 Å². The van der Waals surface area contributed by atoms with Gasteiger partial charge in [-0.1, -0.05) is 71.8 Å². The van der Waals surface area contributed by atoms with E-state index in [1.807, 2.05) is 30.3 Å². The summed E-state index contributed by atoms with van der Waals surface area (Å²) >= 11 is 0. The van der Waals surface area contributed by atoms with Crippen LogP contribution in [-0.4, -0.2) is 14.1 Å². The van der Waals surface area contributed by atoms with Crippen molar-refractivity contribution in [1.29, 1.82) is 0 Å². The van der Waals surface area contributed by atoms with Crippen molar-refractivity contribution in [1.82, 2.24) is 14.1 Å². The highest BCUT2D eigenvalue weighted by Gasteiger charge is 2.17. The normalized spacial score (nSPS) is 11.4. The molecule has 4 heteroatoms. The molecule has 0 aliphatic rings. The molecule has 0 atom stereocenters. The molecule has 0 fully saturated rings. The molecule has 0 aliphatic heterocycles. The van der Waals surface area contributed by atoms with Crippen molar-refractivity contribution in [3.63, 3.8) is 0 Å². The Labute approximate surface area is 175 Å². The molecular weight excluding hydrogens is 370 g/mol. The van der Waals surface area contributed by atoms with Crippen molar-refractivity contribution >= 4 is 21.9 Å². The van der Waals surface area contributed by atoms with Gasteiger partial charge in [0, 0.05) is 11.9 Å². The molecule has 4 nitrogen and oxygen atoms in total. The van der Waals surface area contributed by atoms with E-state index in [9.17, 15) is 4.79 Å². The van der Waals surface area contributed by atoms with Gasteiger partial charge < -0.3 is 4.57 Å². The Kier molecular flexibility index (Phi) is 4.47. The lowest BCUT2D eigenvalue weighted by molar-refractivity contribution is 0.737. The first-order valence-corrected chi connectivity index (χ1v) is 10.2. The fourth-order valence-electron chi connectivity index (χ4n) is 4.05. The molecule has 148 valence electrons. The van der Waals surface area contributed by atoms with Gasteiger partial charge in [0.1, 0.15) is 11.0 Å². The highest BCUT2D eigenvalue weighted by molar-refractivity contribution is 6.05. The lowest BCUT2D eigenvalue weighted by Gasteiger charge is -2.10. The second-order valence-corrected chi connectivity index (χ2v) is 7.95. The van der Waals surface area contributed by atoms with Gasteiger partial charge in [0.2, 0.25) is 0 Å². The Hall–Kier alpha value is -3.66. The number of fused-ring (bicyclic) bond motifs is 3. The van der Waals surface area contributed by atoms with Gasteiger partial charge in [-0.15, -0.1) is 0 Å². The largest absolute Gasteiger partial charge is 0.330 e. The molecule has 0 aliphatic carbocycles. The summed E-state index contributed by atoms with van der Waals surface area (Å²) in [6.07, 6.45) is 1.68. The van der Waals surface area contributed by atoms with Crippen LogP contribution in [0.1, 0.15) is 22.3 Å². The first-order chi connectivity index (χ1) is 14.6. The van der Waals surface area contributed by atoms with Crippen molar-refractivity contribution in [2.75, 3.05) is 0 Å². The van der Waals surface area contributed by atoms with Gasteiger partial charge >= 0.3 is 0 Å². The fraction of sp³-hybridized carbons (Fsp3) is 0.154. The van der Waals surface area contributed by atoms with Gasteiger partial charge in [0.05, 0.1) is 18.4 Å². The molecule has 0 radical (unpaired) electrons. The Balaban J connectivity index is 1.73. The van der Waals surface area contributed by atoms with Crippen LogP contribution >= 0.6 is 0 Å². The van der Waals surface area contributed by atoms with Crippen molar-refractivity contribution in [3.05, 3.63) is 112 Å². The van der Waals surface area contributed by atoms with E-state index < -0.39 is 0 Å². The first-order valence-electron chi connectivity index (χ1n) is 10.2. The zero-order chi connectivity index (χ0) is 20.7. The minimum atomic E-state index is -0.00943. The number of aromatic nitrogens is 3. The van der Waals surface area contributed by atoms with Crippen LogP contribution in [0.3, 0.4) is 0 Å². The highest BCUT2D eigenvalue weighted by Crippen LogP contribution is 2.27. The average molecular weight is 393 g/mol. The summed E-state index contributed by atoms with van der Waals surface area (Å²) in [6.45, 7) is 5.29. The maximum atomic E-state index is 13.6. The maximum absolute atomic E-state index is 13.6. The molecule has 0 saturated heterocycles. The SMILES string of the molecule is Cc1ccc(Cn2c3ccc(C)cc3c3ncn(Cc4ccccc4)c(=O)c32)cc1. The number of hydrogen-bond acceptors (Lipinski definition) is 2. The summed E-state index contributed by atoms with van der Waals surface area (Å²) in [5.74, 6) is 0. The second kappa shape index (κ2) is 7.30. The smallest absolute Gasteiger partial charge is 0.278 e. The lowest BCUT2D eigenvalue weighted by atomic mass is 10.1. The molecule has 0 amide bonds. The number of aryl methyl sites for hydroxylation is 2. The van der Waals surface area contributed by atoms with Gasteiger partial charge in [-0.05, 0) is 37.1 Å². The second-order valence-electron chi connectivity index (χ2n) is 7.95. The quantitative estimate of drug-likeness (QED) is 0.428. The minimum Gasteiger partial charge on any atom is -0.330 e. The lowest BCUT2D eigenvalue weighted by Crippen LogP contribution is -2.23. The number of rotatable bonds is 4. The van der Waals surface area contributed by atoms with Gasteiger partial charge in [-0.25, -0.2) is 4.98 Å². The average Bonchev–Trinajstić information content (AvgIpc) is 3.06. The van der Waals surface area contributed by atoms with Crippen molar-refractivity contribution in [2.24, 2.45) is 0 Å². The van der Waals surface area contributed by atoms with Gasteiger partial charge in [-0.2, -0.15) is 0 Å². The van der Waals surface area contributed by atoms with E-state index in [1.54, 1.807) is 10.9 Å². The summed E-state index contributed by atoms with van der Waals surface area (Å²) in [5, 5.41) is 1.03. The molecule has 0 unspecified atom stereocenters. The Morgan fingerprint density at radius 3 is 2.27 bits per heavy atom. The zero-order valence-corrected chi connectivity index (χ0v) is 17.2. The maximum Gasteiger partial charge on any atom is 0.278 e. The summed E-state index contributed by atoms with van der Waals surface area (Å²) in [7, 11) is 0. The van der Waals surface area contributed by atoms with E-state index in [2.05, 4.69) is 60.9 Å². The fourth-order valence-corrected chi connectivity index (χ4v) is 4.05. The number of nitrogens with zero attached hydrogens (tertiary/aromatic N) is 3. The van der Waals surface area contributed by atoms with Crippen LogP contribution in [-0.2, 0) is 13.1 Å². The van der Waals surface area contributed by atoms with Crippen LogP contribution in [0.25, 0.3) is 21.9 Å². The summed E-state index contributed by atoms with van der Waals surface area (Å²) in [6, 6.07) is 24.8. The number of benzene rings is 3. The molecule has 2 heterocycles. The monoisotopic (exact) mass is 393 g/mol. The summed E-state index contributed by atoms with van der Waals surface area (Å²) in [5.41, 5.74) is 7.10. The third kappa shape index (κ3) is 3.20. The predicted octanol–water partition coefficient (Wildman–Crippen LogP) is 5.06. The topological polar surface area (TPSA) is 39.8 Å². The first kappa shape index (κ1) is 18.4. The Morgan fingerprint density at radius 2 is 1.50 bits per heavy atom. The molecular formula is C26H23N3O. The van der Waals surface area contributed by atoms with E-state index in [0.717, 1.165) is 33.1 Å². The van der Waals surface area contributed by atoms with Crippen LogP contribution in [0, 0.1) is 13.8 Å². The Bertz CT molecular complexity index is 1410. The van der Waals surface area contributed by atoms with Gasteiger partial charge in [-0.3, -0.25) is 9.36 Å². The standard InChI is InChI=1S/C26H23N3O/c1-18-8-11-21(12-9-18)16-29-23-13-10-19(2)14-22(23)24-25(29)26(30)28(17-27-24)15-20-6-4-3-5-7-20/h3-14,17H,15-16H2,1-2H3. The van der Waals surface area contributed by atoms with E-state index in [0.29, 0.717) is 18.6 Å². The molecule has 5 aromatic rings. The van der Waals surface area contributed by atoms with Crippen LogP contribution in [0.4, 0.5) is 0 Å². The molecule has 0 saturated carbocycles. The molecule has 0 spiro atoms. The van der Waals surface area contributed by atoms with Gasteiger partial charge in [0.15, 0.2) is 0 Å². The molecule has 5 rings (SSSR count). The Morgan fingerprint density at radius 1 is 0.800 bits per heavy atom. The third-order valence-electron chi connectivity index (χ3n) is 5.64. The molecule has 30 heavy (non-hydrogen) atoms.